The van der Waals surface area contributed by atoms with E-state index in [2.05, 4.69) is 0 Å². The number of hydrogen-bond donors (Lipinski definition) is 2. The molecule has 2 N–H and O–H groups in total. The van der Waals surface area contributed by atoms with Gasteiger partial charge in [-0.3, -0.25) is 18.8 Å². The van der Waals surface area contributed by atoms with Crippen LogP contribution in [0.3, 0.4) is 0 Å². The summed E-state index contributed by atoms with van der Waals surface area (Å²) in [5.41, 5.74) is 1.28. The first kappa shape index (κ1) is 9.88. The number of amides is 1. The average Bonchev–Trinajstić information content (AvgIpc) is 2.57. The zero-order valence-electron chi connectivity index (χ0n) is 7.64. The molecule has 0 saturated heterocycles. The zero-order valence-corrected chi connectivity index (χ0v) is 8.45. The smallest absolute Gasteiger partial charge is 0.269 e. The highest BCUT2D eigenvalue weighted by molar-refractivity contribution is 7.13. The normalized spacial score (nSPS) is 10.5. The summed E-state index contributed by atoms with van der Waals surface area (Å²) in [6.45, 7) is -0.158. The van der Waals surface area contributed by atoms with Crippen molar-refractivity contribution < 1.29 is 10.0 Å². The summed E-state index contributed by atoms with van der Waals surface area (Å²) in [7, 11) is 0. The first-order valence-electron chi connectivity index (χ1n) is 4.24. The largest absolute Gasteiger partial charge is 0.289 e. The molecule has 1 heterocycles. The molecule has 78 valence electrons. The maximum atomic E-state index is 11.7. The van der Waals surface area contributed by atoms with E-state index in [0.717, 1.165) is 4.70 Å². The summed E-state index contributed by atoms with van der Waals surface area (Å²) >= 11 is 1.20. The van der Waals surface area contributed by atoms with E-state index in [4.69, 9.17) is 5.21 Å². The molecule has 1 amide bonds. The van der Waals surface area contributed by atoms with Crippen molar-refractivity contribution in [1.29, 1.82) is 0 Å². The molecule has 0 atom stereocenters. The Morgan fingerprint density at radius 3 is 2.87 bits per heavy atom. The number of nitrogens with one attached hydrogen (secondary N) is 1. The molecular formula is C9H8N2O3S. The molecule has 0 aliphatic heterocycles. The fourth-order valence-corrected chi connectivity index (χ4v) is 2.28. The lowest BCUT2D eigenvalue weighted by Gasteiger charge is -1.96. The highest BCUT2D eigenvalue weighted by Crippen LogP contribution is 2.15. The second-order valence-electron chi connectivity index (χ2n) is 2.96. The molecule has 0 spiro atoms. The molecule has 0 radical (unpaired) electrons. The molecule has 1 aromatic heterocycles. The SMILES string of the molecule is O=C(Cn1sc2ccccc2c1=O)NO. The molecule has 15 heavy (non-hydrogen) atoms. The Labute approximate surface area is 88.7 Å². The van der Waals surface area contributed by atoms with Crippen LogP contribution in [0.2, 0.25) is 0 Å². The van der Waals surface area contributed by atoms with E-state index < -0.39 is 5.91 Å². The van der Waals surface area contributed by atoms with Crippen LogP contribution in [0.5, 0.6) is 0 Å². The molecule has 0 saturated carbocycles. The Bertz CT molecular complexity index is 558. The van der Waals surface area contributed by atoms with Gasteiger partial charge in [0.15, 0.2) is 0 Å². The number of nitrogens with zero attached hydrogens (tertiary/aromatic N) is 1. The van der Waals surface area contributed by atoms with Gasteiger partial charge >= 0.3 is 0 Å². The molecule has 0 unspecified atom stereocenters. The molecule has 0 fully saturated rings. The summed E-state index contributed by atoms with van der Waals surface area (Å²) < 4.78 is 2.13. The Morgan fingerprint density at radius 2 is 2.20 bits per heavy atom. The van der Waals surface area contributed by atoms with Crippen molar-refractivity contribution in [1.82, 2.24) is 9.44 Å². The number of benzene rings is 1. The van der Waals surface area contributed by atoms with Crippen molar-refractivity contribution in [3.63, 3.8) is 0 Å². The molecule has 2 aromatic rings. The Balaban J connectivity index is 2.49. The fraction of sp³-hybridized carbons (Fsp3) is 0.111. The van der Waals surface area contributed by atoms with Crippen molar-refractivity contribution in [2.45, 2.75) is 6.54 Å². The molecule has 2 rings (SSSR count). The highest BCUT2D eigenvalue weighted by Gasteiger charge is 2.09. The van der Waals surface area contributed by atoms with E-state index in [-0.39, 0.29) is 12.1 Å². The van der Waals surface area contributed by atoms with Crippen LogP contribution < -0.4 is 11.0 Å². The monoisotopic (exact) mass is 224 g/mol. The first-order chi connectivity index (χ1) is 7.22. The predicted molar refractivity (Wildman–Crippen MR) is 56.0 cm³/mol. The number of hydrogen-bond acceptors (Lipinski definition) is 4. The van der Waals surface area contributed by atoms with Gasteiger partial charge in [-0.05, 0) is 12.1 Å². The lowest BCUT2D eigenvalue weighted by atomic mass is 10.3. The van der Waals surface area contributed by atoms with Gasteiger partial charge in [-0.25, -0.2) is 5.48 Å². The summed E-state index contributed by atoms with van der Waals surface area (Å²) in [6.07, 6.45) is 0. The maximum absolute atomic E-state index is 11.7. The van der Waals surface area contributed by atoms with E-state index in [1.807, 2.05) is 12.1 Å². The van der Waals surface area contributed by atoms with Crippen LogP contribution >= 0.6 is 11.5 Å². The minimum Gasteiger partial charge on any atom is -0.289 e. The summed E-state index contributed by atoms with van der Waals surface area (Å²) in [5.74, 6) is -0.608. The second kappa shape index (κ2) is 3.84. The Kier molecular flexibility index (Phi) is 2.53. The van der Waals surface area contributed by atoms with Crippen LogP contribution in [0.15, 0.2) is 29.1 Å². The van der Waals surface area contributed by atoms with Crippen LogP contribution in [-0.2, 0) is 11.3 Å². The average molecular weight is 224 g/mol. The molecule has 6 heteroatoms. The minimum atomic E-state index is -0.608. The number of carbonyl (C=O) groups is 1. The van der Waals surface area contributed by atoms with Crippen molar-refractivity contribution in [3.8, 4) is 0 Å². The van der Waals surface area contributed by atoms with Gasteiger partial charge < -0.3 is 0 Å². The van der Waals surface area contributed by atoms with Gasteiger partial charge in [-0.15, -0.1) is 0 Å². The molecule has 0 bridgehead atoms. The van der Waals surface area contributed by atoms with Gasteiger partial charge in [0.2, 0.25) is 0 Å². The van der Waals surface area contributed by atoms with Crippen LogP contribution in [0.4, 0.5) is 0 Å². The number of carbonyl (C=O) groups excluding carboxylic acids is 1. The third-order valence-corrected chi connectivity index (χ3v) is 3.03. The fourth-order valence-electron chi connectivity index (χ4n) is 1.29. The lowest BCUT2D eigenvalue weighted by molar-refractivity contribution is -0.129. The minimum absolute atomic E-state index is 0.158. The molecule has 0 aliphatic rings. The number of aromatic nitrogens is 1. The van der Waals surface area contributed by atoms with Crippen molar-refractivity contribution in [2.75, 3.05) is 0 Å². The third kappa shape index (κ3) is 1.77. The standard InChI is InChI=1S/C9H8N2O3S/c12-8(10-14)5-11-9(13)6-3-1-2-4-7(6)15-11/h1-4,14H,5H2,(H,10,12). The quantitative estimate of drug-likeness (QED) is 0.578. The molecule has 0 aliphatic carbocycles. The van der Waals surface area contributed by atoms with Crippen molar-refractivity contribution >= 4 is 27.5 Å². The highest BCUT2D eigenvalue weighted by atomic mass is 32.1. The Morgan fingerprint density at radius 1 is 1.47 bits per heavy atom. The van der Waals surface area contributed by atoms with E-state index >= 15 is 0 Å². The number of fused-ring (bicyclic) bond motifs is 1. The number of hydroxylamine groups is 1. The Hall–Kier alpha value is -1.66. The van der Waals surface area contributed by atoms with Gasteiger partial charge in [0.25, 0.3) is 11.5 Å². The molecular weight excluding hydrogens is 216 g/mol. The summed E-state index contributed by atoms with van der Waals surface area (Å²) in [4.78, 5) is 22.6. The van der Waals surface area contributed by atoms with Gasteiger partial charge in [0.1, 0.15) is 6.54 Å². The van der Waals surface area contributed by atoms with Crippen LogP contribution in [-0.4, -0.2) is 15.1 Å². The number of rotatable bonds is 2. The lowest BCUT2D eigenvalue weighted by Crippen LogP contribution is -2.27. The molecule has 5 nitrogen and oxygen atoms in total. The van der Waals surface area contributed by atoms with Crippen LogP contribution in [0.25, 0.3) is 10.1 Å². The zero-order chi connectivity index (χ0) is 10.8. The second-order valence-corrected chi connectivity index (χ2v) is 4.03. The van der Waals surface area contributed by atoms with Crippen LogP contribution in [0.1, 0.15) is 0 Å². The first-order valence-corrected chi connectivity index (χ1v) is 5.01. The van der Waals surface area contributed by atoms with E-state index in [0.29, 0.717) is 5.39 Å². The van der Waals surface area contributed by atoms with Crippen LogP contribution in [0, 0.1) is 0 Å². The summed E-state index contributed by atoms with van der Waals surface area (Å²) in [6, 6.07) is 7.12. The maximum Gasteiger partial charge on any atom is 0.269 e. The summed E-state index contributed by atoms with van der Waals surface area (Å²) in [5, 5.41) is 8.94. The third-order valence-electron chi connectivity index (χ3n) is 1.96. The van der Waals surface area contributed by atoms with Gasteiger partial charge in [0, 0.05) is 0 Å². The van der Waals surface area contributed by atoms with E-state index in [9.17, 15) is 9.59 Å². The van der Waals surface area contributed by atoms with E-state index in [1.165, 1.54) is 21.0 Å². The van der Waals surface area contributed by atoms with Gasteiger partial charge in [0.05, 0.1) is 10.1 Å². The van der Waals surface area contributed by atoms with Gasteiger partial charge in [-0.1, -0.05) is 23.7 Å². The predicted octanol–water partition coefficient (Wildman–Crippen LogP) is 0.568. The molecule has 1 aromatic carbocycles. The van der Waals surface area contributed by atoms with Crippen molar-refractivity contribution in [3.05, 3.63) is 34.6 Å². The van der Waals surface area contributed by atoms with E-state index in [1.54, 1.807) is 12.1 Å². The van der Waals surface area contributed by atoms with Gasteiger partial charge in [-0.2, -0.15) is 0 Å². The van der Waals surface area contributed by atoms with Crippen molar-refractivity contribution in [2.24, 2.45) is 0 Å². The topological polar surface area (TPSA) is 71.3 Å².